The highest BCUT2D eigenvalue weighted by Gasteiger charge is 2.41. The van der Waals surface area contributed by atoms with Crippen LogP contribution in [0.4, 0.5) is 0 Å². The van der Waals surface area contributed by atoms with Gasteiger partial charge in [0.15, 0.2) is 5.96 Å². The molecule has 2 N–H and O–H groups in total. The number of halogens is 1. The van der Waals surface area contributed by atoms with Crippen LogP contribution in [0.5, 0.6) is 0 Å². The quantitative estimate of drug-likeness (QED) is 0.357. The summed E-state index contributed by atoms with van der Waals surface area (Å²) in [5.74, 6) is 0.847. The van der Waals surface area contributed by atoms with Crippen LogP contribution in [0.2, 0.25) is 0 Å². The summed E-state index contributed by atoms with van der Waals surface area (Å²) in [7, 11) is 1.82. The first-order chi connectivity index (χ1) is 13.3. The molecule has 4 rings (SSSR count). The number of guanidine groups is 1. The summed E-state index contributed by atoms with van der Waals surface area (Å²) in [6, 6.07) is 8.95. The van der Waals surface area contributed by atoms with Crippen molar-refractivity contribution in [2.75, 3.05) is 20.3 Å². The van der Waals surface area contributed by atoms with Crippen LogP contribution >= 0.6 is 24.0 Å². The van der Waals surface area contributed by atoms with Gasteiger partial charge in [-0.05, 0) is 43.2 Å². The van der Waals surface area contributed by atoms with Gasteiger partial charge in [-0.1, -0.05) is 24.3 Å². The van der Waals surface area contributed by atoms with Crippen molar-refractivity contribution in [3.63, 3.8) is 0 Å². The van der Waals surface area contributed by atoms with E-state index in [0.29, 0.717) is 31.0 Å². The Morgan fingerprint density at radius 3 is 2.71 bits per heavy atom. The van der Waals surface area contributed by atoms with E-state index in [4.69, 9.17) is 14.2 Å². The minimum absolute atomic E-state index is 0. The average molecular weight is 501 g/mol. The SMILES string of the molecule is CN=C(NCc1cccc(COC2CCOCC2)c1)NC1CC2CCC1O2.I. The van der Waals surface area contributed by atoms with Crippen LogP contribution in [0.1, 0.15) is 43.2 Å². The minimum Gasteiger partial charge on any atom is -0.381 e. The van der Waals surface area contributed by atoms with Crippen LogP contribution in [0.25, 0.3) is 0 Å². The number of fused-ring (bicyclic) bond motifs is 2. The van der Waals surface area contributed by atoms with E-state index in [-0.39, 0.29) is 24.0 Å². The number of rotatable bonds is 6. The smallest absolute Gasteiger partial charge is 0.191 e. The molecule has 156 valence electrons. The average Bonchev–Trinajstić information content (AvgIpc) is 3.34. The molecule has 7 heteroatoms. The van der Waals surface area contributed by atoms with Gasteiger partial charge in [-0.25, -0.2) is 0 Å². The number of ether oxygens (including phenoxy) is 3. The van der Waals surface area contributed by atoms with Crippen molar-refractivity contribution in [1.82, 2.24) is 10.6 Å². The van der Waals surface area contributed by atoms with Crippen LogP contribution in [-0.2, 0) is 27.4 Å². The molecule has 0 amide bonds. The Morgan fingerprint density at radius 2 is 2.00 bits per heavy atom. The molecule has 6 nitrogen and oxygen atoms in total. The zero-order valence-corrected chi connectivity index (χ0v) is 18.9. The first kappa shape index (κ1) is 21.8. The third kappa shape index (κ3) is 5.81. The van der Waals surface area contributed by atoms with Crippen molar-refractivity contribution in [3.05, 3.63) is 35.4 Å². The molecule has 28 heavy (non-hydrogen) atoms. The van der Waals surface area contributed by atoms with Crippen molar-refractivity contribution in [3.8, 4) is 0 Å². The zero-order valence-electron chi connectivity index (χ0n) is 16.6. The van der Waals surface area contributed by atoms with Gasteiger partial charge in [0.2, 0.25) is 0 Å². The molecule has 3 aliphatic rings. The van der Waals surface area contributed by atoms with Crippen LogP contribution < -0.4 is 10.6 Å². The second-order valence-electron chi connectivity index (χ2n) is 7.73. The van der Waals surface area contributed by atoms with Gasteiger partial charge in [0.05, 0.1) is 31.0 Å². The molecular weight excluding hydrogens is 469 g/mol. The van der Waals surface area contributed by atoms with Gasteiger partial charge in [0.25, 0.3) is 0 Å². The topological polar surface area (TPSA) is 64.1 Å². The highest BCUT2D eigenvalue weighted by molar-refractivity contribution is 14.0. The largest absolute Gasteiger partial charge is 0.381 e. The van der Waals surface area contributed by atoms with Gasteiger partial charge in [0.1, 0.15) is 0 Å². The van der Waals surface area contributed by atoms with Gasteiger partial charge in [-0.2, -0.15) is 0 Å². The van der Waals surface area contributed by atoms with E-state index >= 15 is 0 Å². The highest BCUT2D eigenvalue weighted by atomic mass is 127. The predicted octanol–water partition coefficient (Wildman–Crippen LogP) is 2.99. The number of nitrogens with one attached hydrogen (secondary N) is 2. The second-order valence-corrected chi connectivity index (χ2v) is 7.73. The molecule has 0 aliphatic carbocycles. The Labute approximate surface area is 184 Å². The molecule has 0 aromatic heterocycles. The lowest BCUT2D eigenvalue weighted by Gasteiger charge is -2.23. The third-order valence-electron chi connectivity index (χ3n) is 5.76. The van der Waals surface area contributed by atoms with Gasteiger partial charge < -0.3 is 24.8 Å². The molecule has 3 atom stereocenters. The lowest BCUT2D eigenvalue weighted by molar-refractivity contribution is -0.0390. The molecule has 3 aliphatic heterocycles. The first-order valence-corrected chi connectivity index (χ1v) is 10.2. The molecule has 2 bridgehead atoms. The fraction of sp³-hybridized carbons (Fsp3) is 0.667. The molecule has 0 radical (unpaired) electrons. The molecule has 1 aromatic rings. The Morgan fingerprint density at radius 1 is 1.18 bits per heavy atom. The number of nitrogens with zero attached hydrogens (tertiary/aromatic N) is 1. The van der Waals surface area contributed by atoms with Gasteiger partial charge in [-0.3, -0.25) is 4.99 Å². The summed E-state index contributed by atoms with van der Waals surface area (Å²) in [5, 5.41) is 6.96. The zero-order chi connectivity index (χ0) is 18.5. The number of hydrogen-bond acceptors (Lipinski definition) is 4. The van der Waals surface area contributed by atoms with E-state index in [1.54, 1.807) is 0 Å². The standard InChI is InChI=1S/C21H31N3O3.HI/c1-22-21(24-19-12-18-5-6-20(19)27-18)23-13-15-3-2-4-16(11-15)14-26-17-7-9-25-10-8-17;/h2-4,11,17-20H,5-10,12-14H2,1H3,(H2,22,23,24);1H. The number of aliphatic imine (C=N–C) groups is 1. The lowest BCUT2D eigenvalue weighted by atomic mass is 9.96. The van der Waals surface area contributed by atoms with Crippen LogP contribution in [0.3, 0.4) is 0 Å². The minimum atomic E-state index is 0. The van der Waals surface area contributed by atoms with E-state index in [9.17, 15) is 0 Å². The van der Waals surface area contributed by atoms with Crippen molar-refractivity contribution < 1.29 is 14.2 Å². The molecule has 1 aromatic carbocycles. The third-order valence-corrected chi connectivity index (χ3v) is 5.76. The van der Waals surface area contributed by atoms with E-state index < -0.39 is 0 Å². The fourth-order valence-corrected chi connectivity index (χ4v) is 4.23. The van der Waals surface area contributed by atoms with Crippen molar-refractivity contribution in [1.29, 1.82) is 0 Å². The van der Waals surface area contributed by atoms with E-state index in [1.165, 1.54) is 17.5 Å². The molecule has 3 saturated heterocycles. The summed E-state index contributed by atoms with van der Waals surface area (Å²) in [6.07, 6.45) is 6.56. The maximum Gasteiger partial charge on any atom is 0.191 e. The summed E-state index contributed by atoms with van der Waals surface area (Å²) in [5.41, 5.74) is 2.44. The van der Waals surface area contributed by atoms with Crippen molar-refractivity contribution >= 4 is 29.9 Å². The van der Waals surface area contributed by atoms with Crippen molar-refractivity contribution in [2.45, 2.75) is 69.6 Å². The Kier molecular flexibility index (Phi) is 8.37. The maximum absolute atomic E-state index is 6.04. The van der Waals surface area contributed by atoms with Crippen LogP contribution in [0, 0.1) is 0 Å². The van der Waals surface area contributed by atoms with E-state index in [0.717, 1.165) is 51.4 Å². The predicted molar refractivity (Wildman–Crippen MR) is 120 cm³/mol. The lowest BCUT2D eigenvalue weighted by Crippen LogP contribution is -2.47. The molecule has 3 heterocycles. The second kappa shape index (κ2) is 10.8. The summed E-state index contributed by atoms with van der Waals surface area (Å²) in [4.78, 5) is 4.37. The first-order valence-electron chi connectivity index (χ1n) is 10.2. The Balaban J connectivity index is 0.00000225. The fourth-order valence-electron chi connectivity index (χ4n) is 4.23. The van der Waals surface area contributed by atoms with Gasteiger partial charge in [-0.15, -0.1) is 24.0 Å². The van der Waals surface area contributed by atoms with Gasteiger partial charge >= 0.3 is 0 Å². The Bertz CT molecular complexity index is 652. The number of benzene rings is 1. The molecule has 0 saturated carbocycles. The normalized spacial score (nSPS) is 27.5. The summed E-state index contributed by atoms with van der Waals surface area (Å²) < 4.78 is 17.3. The van der Waals surface area contributed by atoms with Crippen LogP contribution in [0.15, 0.2) is 29.3 Å². The molecule has 3 fully saturated rings. The summed E-state index contributed by atoms with van der Waals surface area (Å²) >= 11 is 0. The van der Waals surface area contributed by atoms with Gasteiger partial charge in [0, 0.05) is 26.8 Å². The van der Waals surface area contributed by atoms with Crippen LogP contribution in [-0.4, -0.2) is 50.6 Å². The number of hydrogen-bond donors (Lipinski definition) is 2. The molecule has 0 spiro atoms. The monoisotopic (exact) mass is 501 g/mol. The Hall–Kier alpha value is -0.900. The highest BCUT2D eigenvalue weighted by Crippen LogP contribution is 2.34. The molecule has 3 unspecified atom stereocenters. The van der Waals surface area contributed by atoms with E-state index in [2.05, 4.69) is 39.9 Å². The van der Waals surface area contributed by atoms with E-state index in [1.807, 2.05) is 7.05 Å². The van der Waals surface area contributed by atoms with Crippen molar-refractivity contribution in [2.24, 2.45) is 4.99 Å². The summed E-state index contributed by atoms with van der Waals surface area (Å²) in [6.45, 7) is 3.03. The molecular formula is C21H32IN3O3. The maximum atomic E-state index is 6.04.